The zero-order valence-electron chi connectivity index (χ0n) is 24.0. The molecule has 0 saturated carbocycles. The smallest absolute Gasteiger partial charge is 0.337 e. The van der Waals surface area contributed by atoms with E-state index in [9.17, 15) is 4.79 Å². The molecule has 0 saturated heterocycles. The molecule has 1 N–H and O–H groups in total. The van der Waals surface area contributed by atoms with Gasteiger partial charge in [0.05, 0.1) is 36.2 Å². The van der Waals surface area contributed by atoms with E-state index < -0.39 is 0 Å². The predicted molar refractivity (Wildman–Crippen MR) is 167 cm³/mol. The van der Waals surface area contributed by atoms with E-state index in [0.717, 1.165) is 53.7 Å². The molecule has 0 bridgehead atoms. The summed E-state index contributed by atoms with van der Waals surface area (Å²) in [4.78, 5) is 22.3. The van der Waals surface area contributed by atoms with Crippen molar-refractivity contribution in [1.82, 2.24) is 14.5 Å². The molecule has 5 aromatic rings. The molecule has 0 spiro atoms. The predicted octanol–water partition coefficient (Wildman–Crippen LogP) is 7.65. The summed E-state index contributed by atoms with van der Waals surface area (Å²) < 4.78 is 12.6. The molecule has 3 aromatic carbocycles. The van der Waals surface area contributed by atoms with Gasteiger partial charge in [0.25, 0.3) is 0 Å². The van der Waals surface area contributed by atoms with Gasteiger partial charge < -0.3 is 19.4 Å². The fourth-order valence-corrected chi connectivity index (χ4v) is 6.17. The Balaban J connectivity index is 1.51. The molecule has 0 fully saturated rings. The van der Waals surface area contributed by atoms with Crippen molar-refractivity contribution in [2.24, 2.45) is 0 Å². The van der Waals surface area contributed by atoms with Gasteiger partial charge in [0.15, 0.2) is 5.82 Å². The normalized spacial score (nSPS) is 13.4. The van der Waals surface area contributed by atoms with Crippen LogP contribution in [0.5, 0.6) is 5.75 Å². The molecule has 1 atom stereocenters. The number of carbonyl (C=O) groups is 1. The second-order valence-corrected chi connectivity index (χ2v) is 11.0. The SMILES string of the molecule is COC(=O)c1ccc(-c2nc(NCc3ccc(OC)c(Cl)c3)c3c4c(n(C(C)c5ccccc5)c3n2)CCCC4)cc1. The molecule has 0 aliphatic heterocycles. The maximum absolute atomic E-state index is 12.1. The van der Waals surface area contributed by atoms with Gasteiger partial charge in [-0.3, -0.25) is 0 Å². The average Bonchev–Trinajstić information content (AvgIpc) is 3.37. The van der Waals surface area contributed by atoms with Gasteiger partial charge in [0, 0.05) is 17.8 Å². The summed E-state index contributed by atoms with van der Waals surface area (Å²) in [5.41, 5.74) is 7.11. The van der Waals surface area contributed by atoms with Gasteiger partial charge in [-0.05, 0) is 73.6 Å². The van der Waals surface area contributed by atoms with Crippen molar-refractivity contribution in [1.29, 1.82) is 0 Å². The van der Waals surface area contributed by atoms with E-state index in [1.807, 2.05) is 36.4 Å². The maximum atomic E-state index is 12.1. The lowest BCUT2D eigenvalue weighted by Gasteiger charge is -2.21. The standard InChI is InChI=1S/C34H33ClN4O3/c1-21(23-9-5-4-6-10-23)39-28-12-8-7-11-26(28)30-32(36-20-22-13-18-29(41-2)27(35)19-22)37-31(38-33(30)39)24-14-16-25(17-15-24)34(40)42-3/h4-6,9-10,13-19,21H,7-8,11-12,20H2,1-3H3,(H,36,37,38). The van der Waals surface area contributed by atoms with Gasteiger partial charge in [0.2, 0.25) is 0 Å². The van der Waals surface area contributed by atoms with Crippen LogP contribution < -0.4 is 10.1 Å². The highest BCUT2D eigenvalue weighted by Gasteiger charge is 2.28. The second kappa shape index (κ2) is 11.9. The molecule has 42 heavy (non-hydrogen) atoms. The third-order valence-electron chi connectivity index (χ3n) is 8.06. The van der Waals surface area contributed by atoms with Crippen LogP contribution in [-0.2, 0) is 24.1 Å². The molecular formula is C34H33ClN4O3. The van der Waals surface area contributed by atoms with Crippen molar-refractivity contribution in [3.05, 3.63) is 106 Å². The van der Waals surface area contributed by atoms with E-state index in [1.165, 1.54) is 23.9 Å². The first-order chi connectivity index (χ1) is 20.5. The number of hydrogen-bond donors (Lipinski definition) is 1. The quantitative estimate of drug-likeness (QED) is 0.190. The Morgan fingerprint density at radius 2 is 1.76 bits per heavy atom. The summed E-state index contributed by atoms with van der Waals surface area (Å²) >= 11 is 6.43. The van der Waals surface area contributed by atoms with Crippen LogP contribution in [0.2, 0.25) is 5.02 Å². The summed E-state index contributed by atoms with van der Waals surface area (Å²) in [6, 6.07) is 23.7. The Labute approximate surface area is 250 Å². The zero-order chi connectivity index (χ0) is 29.2. The summed E-state index contributed by atoms with van der Waals surface area (Å²) in [6.07, 6.45) is 4.27. The molecule has 2 heterocycles. The summed E-state index contributed by atoms with van der Waals surface area (Å²) in [7, 11) is 2.99. The van der Waals surface area contributed by atoms with Crippen LogP contribution in [0, 0.1) is 0 Å². The number of nitrogens with one attached hydrogen (secondary N) is 1. The third-order valence-corrected chi connectivity index (χ3v) is 8.35. The van der Waals surface area contributed by atoms with Gasteiger partial charge in [0.1, 0.15) is 17.2 Å². The van der Waals surface area contributed by atoms with Crippen LogP contribution in [-0.4, -0.2) is 34.7 Å². The molecule has 1 aliphatic rings. The van der Waals surface area contributed by atoms with Crippen molar-refractivity contribution in [2.45, 2.75) is 45.2 Å². The largest absolute Gasteiger partial charge is 0.495 e. The first-order valence-electron chi connectivity index (χ1n) is 14.2. The van der Waals surface area contributed by atoms with Crippen LogP contribution in [0.25, 0.3) is 22.4 Å². The van der Waals surface area contributed by atoms with Crippen LogP contribution in [0.1, 0.15) is 58.5 Å². The van der Waals surface area contributed by atoms with Gasteiger partial charge in [-0.2, -0.15) is 0 Å². The Kier molecular flexibility index (Phi) is 7.85. The minimum absolute atomic E-state index is 0.0910. The van der Waals surface area contributed by atoms with Crippen LogP contribution in [0.15, 0.2) is 72.8 Å². The van der Waals surface area contributed by atoms with Gasteiger partial charge in [-0.15, -0.1) is 0 Å². The Bertz CT molecular complexity index is 1750. The number of aromatic nitrogens is 3. The minimum Gasteiger partial charge on any atom is -0.495 e. The summed E-state index contributed by atoms with van der Waals surface area (Å²) in [5, 5.41) is 5.26. The molecule has 1 aliphatic carbocycles. The molecule has 1 unspecified atom stereocenters. The lowest BCUT2D eigenvalue weighted by atomic mass is 9.95. The van der Waals surface area contributed by atoms with E-state index >= 15 is 0 Å². The number of esters is 1. The number of benzene rings is 3. The molecule has 0 amide bonds. The topological polar surface area (TPSA) is 78.3 Å². The van der Waals surface area contributed by atoms with Crippen molar-refractivity contribution in [2.75, 3.05) is 19.5 Å². The number of halogens is 1. The van der Waals surface area contributed by atoms with E-state index in [2.05, 4.69) is 41.1 Å². The zero-order valence-corrected chi connectivity index (χ0v) is 24.7. The summed E-state index contributed by atoms with van der Waals surface area (Å²) in [6.45, 7) is 2.77. The molecule has 0 radical (unpaired) electrons. The Morgan fingerprint density at radius 3 is 2.48 bits per heavy atom. The summed E-state index contributed by atoms with van der Waals surface area (Å²) in [5.74, 6) is 1.64. The minimum atomic E-state index is -0.378. The van der Waals surface area contributed by atoms with E-state index in [4.69, 9.17) is 31.0 Å². The number of methoxy groups -OCH3 is 2. The monoisotopic (exact) mass is 580 g/mol. The highest BCUT2D eigenvalue weighted by Crippen LogP contribution is 2.39. The lowest BCUT2D eigenvalue weighted by Crippen LogP contribution is -2.13. The van der Waals surface area contributed by atoms with Crippen LogP contribution >= 0.6 is 11.6 Å². The fraction of sp³-hybridized carbons (Fsp3) is 0.265. The molecule has 7 nitrogen and oxygen atoms in total. The van der Waals surface area contributed by atoms with Crippen molar-refractivity contribution in [3.63, 3.8) is 0 Å². The van der Waals surface area contributed by atoms with Gasteiger partial charge in [-0.25, -0.2) is 14.8 Å². The average molecular weight is 581 g/mol. The third kappa shape index (κ3) is 5.21. The molecule has 214 valence electrons. The number of carbonyl (C=O) groups excluding carboxylic acids is 1. The maximum Gasteiger partial charge on any atom is 0.337 e. The first-order valence-corrected chi connectivity index (χ1v) is 14.6. The Hall–Kier alpha value is -4.36. The number of nitrogens with zero attached hydrogens (tertiary/aromatic N) is 3. The van der Waals surface area contributed by atoms with Crippen molar-refractivity contribution < 1.29 is 14.3 Å². The molecular weight excluding hydrogens is 548 g/mol. The molecule has 8 heteroatoms. The number of aryl methyl sites for hydroxylation is 1. The van der Waals surface area contributed by atoms with Crippen molar-refractivity contribution >= 4 is 34.4 Å². The highest BCUT2D eigenvalue weighted by atomic mass is 35.5. The second-order valence-electron chi connectivity index (χ2n) is 10.6. The van der Waals surface area contributed by atoms with Crippen LogP contribution in [0.3, 0.4) is 0 Å². The van der Waals surface area contributed by atoms with Crippen molar-refractivity contribution in [3.8, 4) is 17.1 Å². The van der Waals surface area contributed by atoms with Gasteiger partial charge >= 0.3 is 5.97 Å². The van der Waals surface area contributed by atoms with Crippen LogP contribution in [0.4, 0.5) is 5.82 Å². The van der Waals surface area contributed by atoms with E-state index in [-0.39, 0.29) is 12.0 Å². The lowest BCUT2D eigenvalue weighted by molar-refractivity contribution is 0.0600. The Morgan fingerprint density at radius 1 is 1.00 bits per heavy atom. The molecule has 2 aromatic heterocycles. The molecule has 6 rings (SSSR count). The van der Waals surface area contributed by atoms with E-state index in [0.29, 0.717) is 28.7 Å². The fourth-order valence-electron chi connectivity index (χ4n) is 5.89. The number of fused-ring (bicyclic) bond motifs is 3. The highest BCUT2D eigenvalue weighted by molar-refractivity contribution is 6.32. The number of hydrogen-bond acceptors (Lipinski definition) is 6. The van der Waals surface area contributed by atoms with E-state index in [1.54, 1.807) is 19.2 Å². The number of ether oxygens (including phenoxy) is 2. The number of anilines is 1. The van der Waals surface area contributed by atoms with Gasteiger partial charge in [-0.1, -0.05) is 60.1 Å². The first kappa shape index (κ1) is 27.8. The number of rotatable bonds is 8.